The first-order chi connectivity index (χ1) is 16.6. The number of carbonyl (C=O) groups excluding carboxylic acids is 2. The van der Waals surface area contributed by atoms with Gasteiger partial charge in [-0.05, 0) is 5.56 Å². The molecule has 0 unspecified atom stereocenters. The maximum atomic E-state index is 13.8. The summed E-state index contributed by atoms with van der Waals surface area (Å²) in [6.45, 7) is 2.22. The Balaban J connectivity index is 1.40. The lowest BCUT2D eigenvalue weighted by Crippen LogP contribution is -2.49. The highest BCUT2D eigenvalue weighted by atomic mass is 16.5. The first kappa shape index (κ1) is 21.5. The van der Waals surface area contributed by atoms with E-state index in [0.717, 1.165) is 11.3 Å². The molecule has 34 heavy (non-hydrogen) atoms. The summed E-state index contributed by atoms with van der Waals surface area (Å²) in [5.74, 6) is 0.0550. The Bertz CT molecular complexity index is 1340. The van der Waals surface area contributed by atoms with Crippen LogP contribution in [0.2, 0.25) is 0 Å². The van der Waals surface area contributed by atoms with Crippen LogP contribution in [-0.4, -0.2) is 74.6 Å². The third kappa shape index (κ3) is 3.72. The van der Waals surface area contributed by atoms with Crippen molar-refractivity contribution in [1.82, 2.24) is 29.4 Å². The molecule has 4 heterocycles. The molecule has 5 rings (SSSR count). The van der Waals surface area contributed by atoms with E-state index in [1.54, 1.807) is 18.6 Å². The smallest absolute Gasteiger partial charge is 0.358 e. The summed E-state index contributed by atoms with van der Waals surface area (Å²) in [7, 11) is 3.21. The number of hydrogen-bond donors (Lipinski definition) is 0. The maximum absolute atomic E-state index is 13.8. The molecule has 1 fully saturated rings. The Morgan fingerprint density at radius 1 is 0.912 bits per heavy atom. The molecule has 4 aromatic rings. The molecule has 1 aromatic carbocycles. The van der Waals surface area contributed by atoms with Crippen LogP contribution in [0.25, 0.3) is 22.4 Å². The van der Waals surface area contributed by atoms with Crippen molar-refractivity contribution >= 4 is 28.9 Å². The number of piperazine rings is 1. The van der Waals surface area contributed by atoms with Crippen LogP contribution in [-0.2, 0) is 11.8 Å². The number of aromatic nitrogens is 5. The molecule has 0 aliphatic carbocycles. The number of aryl methyl sites for hydroxylation is 1. The molecule has 10 heteroatoms. The van der Waals surface area contributed by atoms with Crippen LogP contribution in [0.4, 0.5) is 5.82 Å². The summed E-state index contributed by atoms with van der Waals surface area (Å²) >= 11 is 0. The van der Waals surface area contributed by atoms with E-state index in [2.05, 4.69) is 24.7 Å². The predicted octanol–water partition coefficient (Wildman–Crippen LogP) is 2.17. The van der Waals surface area contributed by atoms with Crippen molar-refractivity contribution in [2.24, 2.45) is 7.05 Å². The molecule has 1 aliphatic rings. The molecule has 0 radical (unpaired) electrons. The van der Waals surface area contributed by atoms with E-state index in [1.807, 2.05) is 51.7 Å². The summed E-state index contributed by atoms with van der Waals surface area (Å²) in [5.41, 5.74) is 3.73. The molecule has 1 saturated heterocycles. The Morgan fingerprint density at radius 3 is 2.32 bits per heavy atom. The standard InChI is InChI=1S/C24H23N7O3/c1-29-21(16-6-4-3-5-7-16)19(20-22(29)26-9-8-25-20)23(32)31-12-10-30(11-13-31)18-15-27-17(14-28-18)24(33)34-2/h3-9,14-15H,10-13H2,1-2H3. The van der Waals surface area contributed by atoms with E-state index in [9.17, 15) is 9.59 Å². The Kier molecular flexibility index (Phi) is 5.62. The number of amides is 1. The van der Waals surface area contributed by atoms with Crippen LogP contribution in [0.5, 0.6) is 0 Å². The summed E-state index contributed by atoms with van der Waals surface area (Å²) in [6, 6.07) is 9.82. The van der Waals surface area contributed by atoms with Gasteiger partial charge in [-0.1, -0.05) is 30.3 Å². The molecule has 0 saturated carbocycles. The van der Waals surface area contributed by atoms with Crippen molar-refractivity contribution < 1.29 is 14.3 Å². The van der Waals surface area contributed by atoms with E-state index in [-0.39, 0.29) is 11.6 Å². The van der Waals surface area contributed by atoms with E-state index < -0.39 is 5.97 Å². The van der Waals surface area contributed by atoms with Gasteiger partial charge in [-0.15, -0.1) is 0 Å². The van der Waals surface area contributed by atoms with Crippen LogP contribution in [0.3, 0.4) is 0 Å². The van der Waals surface area contributed by atoms with Gasteiger partial charge in [-0.25, -0.2) is 19.7 Å². The zero-order valence-electron chi connectivity index (χ0n) is 18.9. The third-order valence-electron chi connectivity index (χ3n) is 5.99. The highest BCUT2D eigenvalue weighted by Crippen LogP contribution is 2.32. The first-order valence-electron chi connectivity index (χ1n) is 10.9. The van der Waals surface area contributed by atoms with Crippen molar-refractivity contribution in [3.05, 3.63) is 66.4 Å². The van der Waals surface area contributed by atoms with Gasteiger partial charge < -0.3 is 19.1 Å². The average Bonchev–Trinajstić information content (AvgIpc) is 3.21. The quantitative estimate of drug-likeness (QED) is 0.429. The second-order valence-electron chi connectivity index (χ2n) is 7.91. The van der Waals surface area contributed by atoms with Gasteiger partial charge in [0.1, 0.15) is 11.3 Å². The summed E-state index contributed by atoms with van der Waals surface area (Å²) < 4.78 is 6.60. The lowest BCUT2D eigenvalue weighted by Gasteiger charge is -2.35. The van der Waals surface area contributed by atoms with Gasteiger partial charge >= 0.3 is 5.97 Å². The Hall–Kier alpha value is -4.34. The largest absolute Gasteiger partial charge is 0.464 e. The van der Waals surface area contributed by atoms with Crippen LogP contribution in [0, 0.1) is 0 Å². The number of hydrogen-bond acceptors (Lipinski definition) is 8. The second-order valence-corrected chi connectivity index (χ2v) is 7.91. The molecule has 172 valence electrons. The van der Waals surface area contributed by atoms with Gasteiger partial charge in [0, 0.05) is 45.6 Å². The molecule has 1 aliphatic heterocycles. The van der Waals surface area contributed by atoms with Gasteiger partial charge in [-0.3, -0.25) is 9.78 Å². The fraction of sp³-hybridized carbons (Fsp3) is 0.250. The van der Waals surface area contributed by atoms with Gasteiger partial charge in [0.25, 0.3) is 5.91 Å². The minimum atomic E-state index is -0.526. The summed E-state index contributed by atoms with van der Waals surface area (Å²) in [5, 5.41) is 0. The molecule has 0 spiro atoms. The van der Waals surface area contributed by atoms with Crippen molar-refractivity contribution in [1.29, 1.82) is 0 Å². The van der Waals surface area contributed by atoms with Crippen molar-refractivity contribution in [3.63, 3.8) is 0 Å². The molecule has 0 atom stereocenters. The number of esters is 1. The zero-order valence-corrected chi connectivity index (χ0v) is 18.9. The van der Waals surface area contributed by atoms with Gasteiger partial charge in [0.05, 0.1) is 30.8 Å². The number of rotatable bonds is 4. The number of carbonyl (C=O) groups is 2. The molecule has 0 bridgehead atoms. The van der Waals surface area contributed by atoms with Crippen LogP contribution in [0.15, 0.2) is 55.1 Å². The monoisotopic (exact) mass is 457 g/mol. The fourth-order valence-corrected chi connectivity index (χ4v) is 4.27. The first-order valence-corrected chi connectivity index (χ1v) is 10.9. The number of fused-ring (bicyclic) bond motifs is 1. The molecule has 1 amide bonds. The van der Waals surface area contributed by atoms with E-state index in [4.69, 9.17) is 0 Å². The third-order valence-corrected chi connectivity index (χ3v) is 5.99. The number of benzene rings is 1. The lowest BCUT2D eigenvalue weighted by molar-refractivity contribution is 0.0593. The van der Waals surface area contributed by atoms with Crippen molar-refractivity contribution in [2.45, 2.75) is 0 Å². The van der Waals surface area contributed by atoms with E-state index in [1.165, 1.54) is 13.3 Å². The number of nitrogens with zero attached hydrogens (tertiary/aromatic N) is 7. The SMILES string of the molecule is COC(=O)c1cnc(N2CCN(C(=O)c3c(-c4ccccc4)n(C)c4nccnc34)CC2)cn1. The summed E-state index contributed by atoms with van der Waals surface area (Å²) in [4.78, 5) is 46.7. The van der Waals surface area contributed by atoms with Crippen molar-refractivity contribution in [3.8, 4) is 11.3 Å². The van der Waals surface area contributed by atoms with Crippen LogP contribution in [0.1, 0.15) is 20.8 Å². The number of ether oxygens (including phenoxy) is 1. The predicted molar refractivity (Wildman–Crippen MR) is 125 cm³/mol. The molecule has 10 nitrogen and oxygen atoms in total. The molecule has 0 N–H and O–H groups in total. The molecular formula is C24H23N7O3. The lowest BCUT2D eigenvalue weighted by atomic mass is 10.1. The fourth-order valence-electron chi connectivity index (χ4n) is 4.27. The van der Waals surface area contributed by atoms with E-state index in [0.29, 0.717) is 48.7 Å². The van der Waals surface area contributed by atoms with Crippen LogP contribution < -0.4 is 4.90 Å². The Labute approximate surface area is 195 Å². The minimum absolute atomic E-state index is 0.0725. The molecular weight excluding hydrogens is 434 g/mol. The highest BCUT2D eigenvalue weighted by Gasteiger charge is 2.30. The normalized spacial score (nSPS) is 13.8. The summed E-state index contributed by atoms with van der Waals surface area (Å²) in [6.07, 6.45) is 6.20. The van der Waals surface area contributed by atoms with Crippen molar-refractivity contribution in [2.75, 3.05) is 38.2 Å². The van der Waals surface area contributed by atoms with Gasteiger partial charge in [-0.2, -0.15) is 0 Å². The average molecular weight is 457 g/mol. The second kappa shape index (κ2) is 8.89. The Morgan fingerprint density at radius 2 is 1.65 bits per heavy atom. The van der Waals surface area contributed by atoms with Crippen LogP contribution >= 0.6 is 0 Å². The maximum Gasteiger partial charge on any atom is 0.358 e. The molecule has 3 aromatic heterocycles. The van der Waals surface area contributed by atoms with Gasteiger partial charge in [0.15, 0.2) is 11.3 Å². The van der Waals surface area contributed by atoms with E-state index >= 15 is 0 Å². The zero-order chi connectivity index (χ0) is 23.7. The van der Waals surface area contributed by atoms with Gasteiger partial charge in [0.2, 0.25) is 0 Å². The number of methoxy groups -OCH3 is 1. The minimum Gasteiger partial charge on any atom is -0.464 e. The highest BCUT2D eigenvalue weighted by molar-refractivity contribution is 6.10. The number of anilines is 1. The topological polar surface area (TPSA) is 106 Å².